The quantitative estimate of drug-likeness (QED) is 0.858. The Balaban J connectivity index is 2.47. The largest absolute Gasteiger partial charge is 0.492 e. The van der Waals surface area contributed by atoms with Crippen LogP contribution in [0.4, 0.5) is 5.82 Å². The smallest absolute Gasteiger partial charge is 0.266 e. The summed E-state index contributed by atoms with van der Waals surface area (Å²) in [6, 6.07) is 10.4. The molecule has 2 aromatic rings. The van der Waals surface area contributed by atoms with Crippen molar-refractivity contribution in [1.82, 2.24) is 4.98 Å². The van der Waals surface area contributed by atoms with Gasteiger partial charge in [-0.3, -0.25) is 4.72 Å². The zero-order valence-corrected chi connectivity index (χ0v) is 15.4. The Morgan fingerprint density at radius 3 is 2.50 bits per heavy atom. The Labute approximate surface area is 144 Å². The summed E-state index contributed by atoms with van der Waals surface area (Å²) in [6.45, 7) is 8.55. The molecule has 0 saturated carbocycles. The van der Waals surface area contributed by atoms with E-state index in [1.54, 1.807) is 30.3 Å². The van der Waals surface area contributed by atoms with Gasteiger partial charge in [-0.1, -0.05) is 39.8 Å². The van der Waals surface area contributed by atoms with E-state index in [4.69, 9.17) is 4.74 Å². The molecule has 0 amide bonds. The van der Waals surface area contributed by atoms with Crippen LogP contribution in [0.25, 0.3) is 0 Å². The minimum Gasteiger partial charge on any atom is -0.492 e. The number of hydrogen-bond donors (Lipinski definition) is 1. The maximum atomic E-state index is 12.8. The third kappa shape index (κ3) is 4.47. The van der Waals surface area contributed by atoms with Crippen molar-refractivity contribution in [2.45, 2.75) is 44.4 Å². The molecule has 0 bridgehead atoms. The fourth-order valence-electron chi connectivity index (χ4n) is 2.13. The molecule has 0 aliphatic heterocycles. The van der Waals surface area contributed by atoms with E-state index < -0.39 is 10.0 Å². The van der Waals surface area contributed by atoms with Crippen molar-refractivity contribution in [3.8, 4) is 5.75 Å². The zero-order valence-electron chi connectivity index (χ0n) is 14.5. The molecular formula is C18H24N2O3S. The van der Waals surface area contributed by atoms with Gasteiger partial charge in [-0.25, -0.2) is 13.4 Å². The molecule has 0 aliphatic carbocycles. The summed E-state index contributed by atoms with van der Waals surface area (Å²) in [5.74, 6) is 0.633. The SMILES string of the molecule is CCCOc1ccc(C(C)(C)C)cc1S(=O)(=O)Nc1ccccn1. The highest BCUT2D eigenvalue weighted by molar-refractivity contribution is 7.92. The van der Waals surface area contributed by atoms with E-state index in [1.165, 1.54) is 6.20 Å². The average molecular weight is 348 g/mol. The summed E-state index contributed by atoms with van der Waals surface area (Å²) in [6.07, 6.45) is 2.34. The summed E-state index contributed by atoms with van der Waals surface area (Å²) in [4.78, 5) is 4.15. The molecule has 24 heavy (non-hydrogen) atoms. The second-order valence-corrected chi connectivity index (χ2v) is 8.23. The zero-order chi connectivity index (χ0) is 17.8. The number of benzene rings is 1. The monoisotopic (exact) mass is 348 g/mol. The number of sulfonamides is 1. The lowest BCUT2D eigenvalue weighted by atomic mass is 9.87. The maximum absolute atomic E-state index is 12.8. The minimum absolute atomic E-state index is 0.133. The number of nitrogens with zero attached hydrogens (tertiary/aromatic N) is 1. The molecule has 0 saturated heterocycles. The highest BCUT2D eigenvalue weighted by atomic mass is 32.2. The van der Waals surface area contributed by atoms with E-state index in [0.29, 0.717) is 12.4 Å². The van der Waals surface area contributed by atoms with Crippen LogP contribution in [0.3, 0.4) is 0 Å². The molecular weight excluding hydrogens is 324 g/mol. The Hall–Kier alpha value is -2.08. The second kappa shape index (κ2) is 7.21. The van der Waals surface area contributed by atoms with Crippen LogP contribution >= 0.6 is 0 Å². The predicted molar refractivity (Wildman–Crippen MR) is 96.0 cm³/mol. The van der Waals surface area contributed by atoms with Gasteiger partial charge in [0.2, 0.25) is 0 Å². The van der Waals surface area contributed by atoms with E-state index in [-0.39, 0.29) is 16.1 Å². The first kappa shape index (κ1) is 18.3. The molecule has 130 valence electrons. The van der Waals surface area contributed by atoms with Crippen molar-refractivity contribution in [3.63, 3.8) is 0 Å². The molecule has 1 aromatic carbocycles. The van der Waals surface area contributed by atoms with Gasteiger partial charge in [-0.05, 0) is 41.7 Å². The van der Waals surface area contributed by atoms with Gasteiger partial charge in [0.25, 0.3) is 10.0 Å². The van der Waals surface area contributed by atoms with Gasteiger partial charge in [0, 0.05) is 6.20 Å². The van der Waals surface area contributed by atoms with E-state index >= 15 is 0 Å². The van der Waals surface area contributed by atoms with Crippen LogP contribution in [0, 0.1) is 0 Å². The number of rotatable bonds is 6. The molecule has 0 atom stereocenters. The lowest BCUT2D eigenvalue weighted by Crippen LogP contribution is -2.18. The molecule has 0 radical (unpaired) electrons. The molecule has 0 aliphatic rings. The highest BCUT2D eigenvalue weighted by Gasteiger charge is 2.24. The lowest BCUT2D eigenvalue weighted by molar-refractivity contribution is 0.309. The van der Waals surface area contributed by atoms with Crippen LogP contribution in [-0.4, -0.2) is 20.0 Å². The average Bonchev–Trinajstić information content (AvgIpc) is 2.52. The molecule has 6 heteroatoms. The van der Waals surface area contributed by atoms with Gasteiger partial charge < -0.3 is 4.74 Å². The highest BCUT2D eigenvalue weighted by Crippen LogP contribution is 2.32. The molecule has 0 spiro atoms. The van der Waals surface area contributed by atoms with Gasteiger partial charge in [0.1, 0.15) is 16.5 Å². The summed E-state index contributed by atoms with van der Waals surface area (Å²) in [7, 11) is -3.79. The molecule has 1 heterocycles. The normalized spacial score (nSPS) is 12.0. The Morgan fingerprint density at radius 2 is 1.92 bits per heavy atom. The first-order valence-electron chi connectivity index (χ1n) is 7.95. The molecule has 2 rings (SSSR count). The third-order valence-corrected chi connectivity index (χ3v) is 4.84. The van der Waals surface area contributed by atoms with Crippen LogP contribution in [-0.2, 0) is 15.4 Å². The number of nitrogens with one attached hydrogen (secondary N) is 1. The molecule has 1 N–H and O–H groups in total. The van der Waals surface area contributed by atoms with Crippen molar-refractivity contribution in [1.29, 1.82) is 0 Å². The minimum atomic E-state index is -3.79. The Kier molecular flexibility index (Phi) is 5.49. The van der Waals surface area contributed by atoms with Gasteiger partial charge in [-0.2, -0.15) is 0 Å². The summed E-state index contributed by atoms with van der Waals surface area (Å²) < 4.78 is 33.8. The third-order valence-electron chi connectivity index (χ3n) is 3.46. The fraction of sp³-hybridized carbons (Fsp3) is 0.389. The molecule has 1 aromatic heterocycles. The molecule has 0 unspecified atom stereocenters. The van der Waals surface area contributed by atoms with Crippen molar-refractivity contribution in [3.05, 3.63) is 48.2 Å². The number of hydrogen-bond acceptors (Lipinski definition) is 4. The number of aromatic nitrogens is 1. The summed E-state index contributed by atoms with van der Waals surface area (Å²) >= 11 is 0. The van der Waals surface area contributed by atoms with Crippen molar-refractivity contribution >= 4 is 15.8 Å². The summed E-state index contributed by atoms with van der Waals surface area (Å²) in [5.41, 5.74) is 0.756. The van der Waals surface area contributed by atoms with E-state index in [0.717, 1.165) is 12.0 Å². The van der Waals surface area contributed by atoms with Crippen LogP contribution in [0.15, 0.2) is 47.5 Å². The van der Waals surface area contributed by atoms with Crippen LogP contribution < -0.4 is 9.46 Å². The predicted octanol–water partition coefficient (Wildman–Crippen LogP) is 3.97. The van der Waals surface area contributed by atoms with Crippen LogP contribution in [0.1, 0.15) is 39.7 Å². The van der Waals surface area contributed by atoms with Crippen molar-refractivity contribution < 1.29 is 13.2 Å². The van der Waals surface area contributed by atoms with E-state index in [2.05, 4.69) is 9.71 Å². The Morgan fingerprint density at radius 1 is 1.17 bits per heavy atom. The lowest BCUT2D eigenvalue weighted by Gasteiger charge is -2.21. The van der Waals surface area contributed by atoms with E-state index in [9.17, 15) is 8.42 Å². The first-order chi connectivity index (χ1) is 11.2. The standard InChI is InChI=1S/C18H24N2O3S/c1-5-12-23-15-10-9-14(18(2,3)4)13-16(15)24(21,22)20-17-8-6-7-11-19-17/h6-11,13H,5,12H2,1-4H3,(H,19,20). The van der Waals surface area contributed by atoms with Crippen LogP contribution in [0.5, 0.6) is 5.75 Å². The van der Waals surface area contributed by atoms with Crippen molar-refractivity contribution in [2.24, 2.45) is 0 Å². The van der Waals surface area contributed by atoms with Gasteiger partial charge in [0.05, 0.1) is 6.61 Å². The fourth-order valence-corrected chi connectivity index (χ4v) is 3.31. The number of anilines is 1. The maximum Gasteiger partial charge on any atom is 0.266 e. The van der Waals surface area contributed by atoms with Gasteiger partial charge >= 0.3 is 0 Å². The topological polar surface area (TPSA) is 68.3 Å². The summed E-state index contributed by atoms with van der Waals surface area (Å²) in [5, 5.41) is 0. The Bertz CT molecular complexity index is 782. The second-order valence-electron chi connectivity index (χ2n) is 6.58. The first-order valence-corrected chi connectivity index (χ1v) is 9.43. The van der Waals surface area contributed by atoms with Crippen molar-refractivity contribution in [2.75, 3.05) is 11.3 Å². The van der Waals surface area contributed by atoms with E-state index in [1.807, 2.05) is 33.8 Å². The van der Waals surface area contributed by atoms with Gasteiger partial charge in [-0.15, -0.1) is 0 Å². The molecule has 5 nitrogen and oxygen atoms in total. The van der Waals surface area contributed by atoms with Gasteiger partial charge in [0.15, 0.2) is 0 Å². The van der Waals surface area contributed by atoms with Crippen LogP contribution in [0.2, 0.25) is 0 Å². The molecule has 0 fully saturated rings. The number of pyridine rings is 1. The number of ether oxygens (including phenoxy) is 1.